The monoisotopic (exact) mass is 483 g/mol. The Morgan fingerprint density at radius 2 is 1.66 bits per heavy atom. The van der Waals surface area contributed by atoms with Gasteiger partial charge in [0.2, 0.25) is 12.7 Å². The van der Waals surface area contributed by atoms with Gasteiger partial charge in [-0.2, -0.15) is 0 Å². The lowest BCUT2D eigenvalue weighted by Gasteiger charge is -2.32. The van der Waals surface area contributed by atoms with Crippen molar-refractivity contribution in [2.75, 3.05) is 53.7 Å². The van der Waals surface area contributed by atoms with E-state index in [0.717, 1.165) is 49.8 Å². The quantitative estimate of drug-likeness (QED) is 0.473. The first-order valence-corrected chi connectivity index (χ1v) is 12.2. The maximum Gasteiger partial charge on any atom is 0.288 e. The first-order chi connectivity index (χ1) is 17.1. The standard InChI is InChI=1S/C26H31N3O6/c1-32-21-5-3-18(13-23(21)33-2)7-8-29-25(30)15-20(26(29)31)28-11-9-27(10-12-28)16-19-4-6-22-24(14-19)35-17-34-22/h3-6,13-14,20H,7-12,15-17H2,1-2H3/p+2/t20-/m0/s1. The summed E-state index contributed by atoms with van der Waals surface area (Å²) >= 11 is 0. The van der Waals surface area contributed by atoms with Crippen LogP contribution in [0, 0.1) is 0 Å². The first-order valence-electron chi connectivity index (χ1n) is 12.2. The predicted octanol–water partition coefficient (Wildman–Crippen LogP) is -0.914. The Labute approximate surface area is 205 Å². The SMILES string of the molecule is COc1ccc(CCN2C(=O)C[C@H]([NH+]3CC[NH+](Cc4ccc5c(c4)OCO5)CC3)C2=O)cc1OC. The molecule has 3 aliphatic heterocycles. The number of carbonyl (C=O) groups is 2. The molecular formula is C26H33N3O6+2. The van der Waals surface area contributed by atoms with Gasteiger partial charge in [-0.3, -0.25) is 14.5 Å². The molecule has 3 heterocycles. The van der Waals surface area contributed by atoms with E-state index in [-0.39, 0.29) is 24.6 Å². The molecule has 2 saturated heterocycles. The van der Waals surface area contributed by atoms with Gasteiger partial charge in [0.15, 0.2) is 29.0 Å². The van der Waals surface area contributed by atoms with Gasteiger partial charge in [-0.05, 0) is 42.3 Å². The molecule has 186 valence electrons. The second-order valence-corrected chi connectivity index (χ2v) is 9.35. The molecule has 9 nitrogen and oxygen atoms in total. The fraction of sp³-hybridized carbons (Fsp3) is 0.462. The number of nitrogens with zero attached hydrogens (tertiary/aromatic N) is 1. The number of nitrogens with one attached hydrogen (secondary N) is 2. The number of piperazine rings is 1. The number of rotatable bonds is 8. The van der Waals surface area contributed by atoms with Gasteiger partial charge >= 0.3 is 0 Å². The second kappa shape index (κ2) is 10.1. The van der Waals surface area contributed by atoms with Crippen molar-refractivity contribution in [1.29, 1.82) is 0 Å². The van der Waals surface area contributed by atoms with E-state index >= 15 is 0 Å². The van der Waals surface area contributed by atoms with Crippen LogP contribution in [-0.2, 0) is 22.6 Å². The Morgan fingerprint density at radius 1 is 0.914 bits per heavy atom. The van der Waals surface area contributed by atoms with E-state index in [4.69, 9.17) is 18.9 Å². The molecule has 0 bridgehead atoms. The molecule has 2 amide bonds. The molecule has 2 N–H and O–H groups in total. The number of benzene rings is 2. The zero-order valence-electron chi connectivity index (χ0n) is 20.3. The van der Waals surface area contributed by atoms with Crippen LogP contribution in [0.2, 0.25) is 0 Å². The van der Waals surface area contributed by atoms with Gasteiger partial charge in [-0.15, -0.1) is 0 Å². The highest BCUT2D eigenvalue weighted by molar-refractivity contribution is 6.04. The minimum Gasteiger partial charge on any atom is -0.493 e. The smallest absolute Gasteiger partial charge is 0.288 e. The summed E-state index contributed by atoms with van der Waals surface area (Å²) in [5.41, 5.74) is 2.22. The highest BCUT2D eigenvalue weighted by Crippen LogP contribution is 2.32. The number of fused-ring (bicyclic) bond motifs is 1. The van der Waals surface area contributed by atoms with Crippen LogP contribution in [0.15, 0.2) is 36.4 Å². The van der Waals surface area contributed by atoms with Gasteiger partial charge in [-0.25, -0.2) is 0 Å². The van der Waals surface area contributed by atoms with Gasteiger partial charge in [-0.1, -0.05) is 6.07 Å². The summed E-state index contributed by atoms with van der Waals surface area (Å²) in [6.07, 6.45) is 0.894. The number of hydrogen-bond acceptors (Lipinski definition) is 6. The van der Waals surface area contributed by atoms with Crippen molar-refractivity contribution >= 4 is 11.8 Å². The normalized spacial score (nSPS) is 23.6. The van der Waals surface area contributed by atoms with Gasteiger partial charge in [0, 0.05) is 12.1 Å². The van der Waals surface area contributed by atoms with Gasteiger partial charge in [0.05, 0.1) is 20.6 Å². The van der Waals surface area contributed by atoms with Crippen molar-refractivity contribution in [3.05, 3.63) is 47.5 Å². The lowest BCUT2D eigenvalue weighted by Crippen LogP contribution is -3.29. The van der Waals surface area contributed by atoms with Crippen LogP contribution in [0.25, 0.3) is 0 Å². The van der Waals surface area contributed by atoms with Crippen molar-refractivity contribution in [2.24, 2.45) is 0 Å². The fourth-order valence-electron chi connectivity index (χ4n) is 5.30. The molecule has 2 aromatic rings. The van der Waals surface area contributed by atoms with Gasteiger partial charge in [0.1, 0.15) is 32.7 Å². The third-order valence-electron chi connectivity index (χ3n) is 7.30. The van der Waals surface area contributed by atoms with Crippen LogP contribution in [0.1, 0.15) is 17.5 Å². The maximum atomic E-state index is 13.1. The minimum absolute atomic E-state index is 0.0373. The largest absolute Gasteiger partial charge is 0.493 e. The zero-order valence-corrected chi connectivity index (χ0v) is 20.3. The number of likely N-dealkylation sites (tertiary alicyclic amines) is 1. The molecule has 0 spiro atoms. The molecule has 35 heavy (non-hydrogen) atoms. The topological polar surface area (TPSA) is 83.2 Å². The van der Waals surface area contributed by atoms with Crippen molar-refractivity contribution < 1.29 is 38.3 Å². The molecular weight excluding hydrogens is 450 g/mol. The van der Waals surface area contributed by atoms with Crippen LogP contribution in [0.5, 0.6) is 23.0 Å². The lowest BCUT2D eigenvalue weighted by molar-refractivity contribution is -1.02. The van der Waals surface area contributed by atoms with Crippen molar-refractivity contribution in [3.8, 4) is 23.0 Å². The number of carbonyl (C=O) groups excluding carboxylic acids is 2. The highest BCUT2D eigenvalue weighted by atomic mass is 16.7. The summed E-state index contributed by atoms with van der Waals surface area (Å²) in [6, 6.07) is 11.5. The average Bonchev–Trinajstić information content (AvgIpc) is 3.46. The summed E-state index contributed by atoms with van der Waals surface area (Å²) in [6.45, 7) is 5.28. The van der Waals surface area contributed by atoms with Crippen molar-refractivity contribution in [2.45, 2.75) is 25.4 Å². The van der Waals surface area contributed by atoms with E-state index in [1.54, 1.807) is 14.2 Å². The molecule has 3 aliphatic rings. The third-order valence-corrected chi connectivity index (χ3v) is 7.30. The van der Waals surface area contributed by atoms with Crippen molar-refractivity contribution in [1.82, 2.24) is 4.90 Å². The summed E-state index contributed by atoms with van der Waals surface area (Å²) in [5, 5.41) is 0. The van der Waals surface area contributed by atoms with E-state index in [1.807, 2.05) is 24.3 Å². The minimum atomic E-state index is -0.264. The van der Waals surface area contributed by atoms with Crippen LogP contribution in [-0.4, -0.2) is 76.5 Å². The number of quaternary nitrogens is 2. The molecule has 0 aliphatic carbocycles. The van der Waals surface area contributed by atoms with E-state index < -0.39 is 0 Å². The Bertz CT molecular complexity index is 1100. The Balaban J connectivity index is 1.13. The van der Waals surface area contributed by atoms with Crippen LogP contribution in [0.3, 0.4) is 0 Å². The van der Waals surface area contributed by atoms with Crippen LogP contribution >= 0.6 is 0 Å². The Kier molecular flexibility index (Phi) is 6.79. The summed E-state index contributed by atoms with van der Waals surface area (Å²) in [5.74, 6) is 2.82. The molecule has 1 atom stereocenters. The number of methoxy groups -OCH3 is 2. The number of hydrogen-bond donors (Lipinski definition) is 2. The third kappa shape index (κ3) is 4.92. The Morgan fingerprint density at radius 3 is 2.43 bits per heavy atom. The molecule has 2 aromatic carbocycles. The van der Waals surface area contributed by atoms with Crippen LogP contribution < -0.4 is 28.7 Å². The molecule has 0 radical (unpaired) electrons. The summed E-state index contributed by atoms with van der Waals surface area (Å²) in [4.78, 5) is 30.0. The second-order valence-electron chi connectivity index (χ2n) is 9.35. The summed E-state index contributed by atoms with van der Waals surface area (Å²) in [7, 11) is 3.19. The number of ether oxygens (including phenoxy) is 4. The first kappa shape index (κ1) is 23.4. The molecule has 0 unspecified atom stereocenters. The predicted molar refractivity (Wildman–Crippen MR) is 126 cm³/mol. The Hall–Kier alpha value is -3.30. The van der Waals surface area contributed by atoms with E-state index in [9.17, 15) is 9.59 Å². The maximum absolute atomic E-state index is 13.1. The molecule has 5 rings (SSSR count). The van der Waals surface area contributed by atoms with E-state index in [0.29, 0.717) is 30.9 Å². The molecule has 0 saturated carbocycles. The van der Waals surface area contributed by atoms with Crippen LogP contribution in [0.4, 0.5) is 0 Å². The van der Waals surface area contributed by atoms with Gasteiger partial charge < -0.3 is 28.7 Å². The molecule has 2 fully saturated rings. The number of amides is 2. The average molecular weight is 484 g/mol. The fourth-order valence-corrected chi connectivity index (χ4v) is 5.30. The molecule has 0 aromatic heterocycles. The molecule has 9 heteroatoms. The highest BCUT2D eigenvalue weighted by Gasteiger charge is 2.46. The number of imide groups is 1. The lowest BCUT2D eigenvalue weighted by atomic mass is 10.1. The zero-order chi connectivity index (χ0) is 24.4. The van der Waals surface area contributed by atoms with Crippen molar-refractivity contribution in [3.63, 3.8) is 0 Å². The van der Waals surface area contributed by atoms with E-state index in [2.05, 4.69) is 12.1 Å². The van der Waals surface area contributed by atoms with E-state index in [1.165, 1.54) is 20.3 Å². The summed E-state index contributed by atoms with van der Waals surface area (Å²) < 4.78 is 21.5. The van der Waals surface area contributed by atoms with Gasteiger partial charge in [0.25, 0.3) is 5.91 Å².